The predicted molar refractivity (Wildman–Crippen MR) is 89.2 cm³/mol. The van der Waals surface area contributed by atoms with Crippen LogP contribution in [0, 0.1) is 0 Å². The van der Waals surface area contributed by atoms with Crippen LogP contribution in [0.1, 0.15) is 39.2 Å². The summed E-state index contributed by atoms with van der Waals surface area (Å²) in [5, 5.41) is 0.903. The molecular formula is C19H20O3. The maximum Gasteiger partial charge on any atom is 0.336 e. The van der Waals surface area contributed by atoms with E-state index in [9.17, 15) is 4.79 Å². The third-order valence-electron chi connectivity index (χ3n) is 3.93. The Morgan fingerprint density at radius 2 is 2.00 bits per heavy atom. The molecule has 0 radical (unpaired) electrons. The highest BCUT2D eigenvalue weighted by Gasteiger charge is 2.27. The second kappa shape index (κ2) is 5.48. The fourth-order valence-electron chi connectivity index (χ4n) is 2.71. The molecule has 1 aromatic heterocycles. The number of hydrogen-bond acceptors (Lipinski definition) is 3. The number of benzene rings is 1. The van der Waals surface area contributed by atoms with E-state index >= 15 is 0 Å². The van der Waals surface area contributed by atoms with Crippen molar-refractivity contribution in [3.63, 3.8) is 0 Å². The van der Waals surface area contributed by atoms with Crippen LogP contribution in [0.4, 0.5) is 0 Å². The number of allylic oxidation sites excluding steroid dienone is 2. The third kappa shape index (κ3) is 2.84. The molecule has 0 amide bonds. The summed E-state index contributed by atoms with van der Waals surface area (Å²) in [6.45, 7) is 6.28. The second-order valence-corrected chi connectivity index (χ2v) is 6.22. The van der Waals surface area contributed by atoms with E-state index in [1.54, 1.807) is 6.07 Å². The average Bonchev–Trinajstić information content (AvgIpc) is 2.46. The molecule has 1 aliphatic rings. The van der Waals surface area contributed by atoms with Gasteiger partial charge in [0.2, 0.25) is 0 Å². The van der Waals surface area contributed by atoms with Crippen LogP contribution >= 0.6 is 0 Å². The van der Waals surface area contributed by atoms with Gasteiger partial charge in [-0.2, -0.15) is 0 Å². The first-order valence-electron chi connectivity index (χ1n) is 7.55. The van der Waals surface area contributed by atoms with Crippen LogP contribution in [0.15, 0.2) is 51.2 Å². The number of rotatable bonds is 3. The van der Waals surface area contributed by atoms with E-state index in [4.69, 9.17) is 9.15 Å². The molecule has 3 rings (SSSR count). The zero-order valence-electron chi connectivity index (χ0n) is 13.2. The number of hydrogen-bond donors (Lipinski definition) is 0. The zero-order valence-corrected chi connectivity index (χ0v) is 13.2. The largest absolute Gasteiger partial charge is 0.483 e. The van der Waals surface area contributed by atoms with Gasteiger partial charge in [0, 0.05) is 11.5 Å². The van der Waals surface area contributed by atoms with E-state index in [1.165, 1.54) is 11.6 Å². The average molecular weight is 296 g/mol. The van der Waals surface area contributed by atoms with Crippen LogP contribution in [-0.4, -0.2) is 5.60 Å². The van der Waals surface area contributed by atoms with Crippen molar-refractivity contribution >= 4 is 17.0 Å². The Labute approximate surface area is 129 Å². The number of fused-ring (bicyclic) bond motifs is 3. The van der Waals surface area contributed by atoms with Gasteiger partial charge in [0.05, 0.1) is 5.56 Å². The molecule has 1 aliphatic heterocycles. The first-order chi connectivity index (χ1) is 10.5. The Balaban J connectivity index is 1.95. The first-order valence-corrected chi connectivity index (χ1v) is 7.55. The van der Waals surface area contributed by atoms with Crippen LogP contribution < -0.4 is 10.4 Å². The smallest absolute Gasteiger partial charge is 0.336 e. The molecule has 2 heterocycles. The normalized spacial score (nSPS) is 19.6. The van der Waals surface area contributed by atoms with Crippen molar-refractivity contribution in [2.24, 2.45) is 0 Å². The lowest BCUT2D eigenvalue weighted by molar-refractivity contribution is 0.129. The molecular weight excluding hydrogens is 276 g/mol. The van der Waals surface area contributed by atoms with E-state index in [0.29, 0.717) is 5.58 Å². The summed E-state index contributed by atoms with van der Waals surface area (Å²) >= 11 is 0. The Morgan fingerprint density at radius 1 is 1.23 bits per heavy atom. The van der Waals surface area contributed by atoms with Crippen molar-refractivity contribution in [3.05, 3.63) is 58.0 Å². The van der Waals surface area contributed by atoms with Gasteiger partial charge in [-0.05, 0) is 64.0 Å². The summed E-state index contributed by atoms with van der Waals surface area (Å²) in [5.74, 6) is 0.768. The summed E-state index contributed by atoms with van der Waals surface area (Å²) in [5.41, 5.74) is 2.08. The highest BCUT2D eigenvalue weighted by molar-refractivity contribution is 5.89. The minimum atomic E-state index is -0.341. The van der Waals surface area contributed by atoms with Gasteiger partial charge >= 0.3 is 5.63 Å². The summed E-state index contributed by atoms with van der Waals surface area (Å²) < 4.78 is 11.5. The Morgan fingerprint density at radius 3 is 2.77 bits per heavy atom. The van der Waals surface area contributed by atoms with E-state index in [-0.39, 0.29) is 11.2 Å². The lowest BCUT2D eigenvalue weighted by Crippen LogP contribution is -2.31. The Hall–Kier alpha value is -2.29. The molecule has 1 unspecified atom stereocenters. The van der Waals surface area contributed by atoms with E-state index < -0.39 is 0 Å². The molecule has 114 valence electrons. The van der Waals surface area contributed by atoms with Gasteiger partial charge in [-0.1, -0.05) is 11.6 Å². The van der Waals surface area contributed by atoms with Crippen LogP contribution in [0.2, 0.25) is 0 Å². The molecule has 3 heteroatoms. The maximum atomic E-state index is 11.5. The minimum absolute atomic E-state index is 0.332. The zero-order chi connectivity index (χ0) is 15.7. The molecule has 0 bridgehead atoms. The van der Waals surface area contributed by atoms with Crippen molar-refractivity contribution in [1.82, 2.24) is 0 Å². The van der Waals surface area contributed by atoms with Crippen LogP contribution in [0.25, 0.3) is 17.0 Å². The van der Waals surface area contributed by atoms with Crippen molar-refractivity contribution in [3.8, 4) is 5.75 Å². The SMILES string of the molecule is CC(C)=CCCC1(C)C=Cc2c(ccc3ccc(=O)oc23)O1. The van der Waals surface area contributed by atoms with Crippen molar-refractivity contribution in [2.75, 3.05) is 0 Å². The molecule has 0 aliphatic carbocycles. The molecule has 0 saturated carbocycles. The first kappa shape index (κ1) is 14.6. The molecule has 0 fully saturated rings. The number of ether oxygens (including phenoxy) is 1. The monoisotopic (exact) mass is 296 g/mol. The lowest BCUT2D eigenvalue weighted by Gasteiger charge is -2.31. The summed E-state index contributed by atoms with van der Waals surface area (Å²) in [6.07, 6.45) is 8.16. The van der Waals surface area contributed by atoms with E-state index in [1.807, 2.05) is 18.2 Å². The van der Waals surface area contributed by atoms with Gasteiger partial charge in [0.1, 0.15) is 16.9 Å². The maximum absolute atomic E-state index is 11.5. The molecule has 0 spiro atoms. The van der Waals surface area contributed by atoms with Crippen molar-refractivity contribution < 1.29 is 9.15 Å². The van der Waals surface area contributed by atoms with Gasteiger partial charge < -0.3 is 9.15 Å². The molecule has 1 aromatic carbocycles. The van der Waals surface area contributed by atoms with Gasteiger partial charge in [-0.15, -0.1) is 0 Å². The highest BCUT2D eigenvalue weighted by Crippen LogP contribution is 2.37. The molecule has 2 aromatic rings. The Bertz CT molecular complexity index is 822. The summed E-state index contributed by atoms with van der Waals surface area (Å²) in [6, 6.07) is 7.08. The van der Waals surface area contributed by atoms with E-state index in [0.717, 1.165) is 29.5 Å². The van der Waals surface area contributed by atoms with Crippen LogP contribution in [0.5, 0.6) is 5.75 Å². The standard InChI is InChI=1S/C19H20O3/c1-13(2)5-4-11-19(3)12-10-15-16(22-19)8-6-14-7-9-17(20)21-18(14)15/h5-10,12H,4,11H2,1-3H3. The second-order valence-electron chi connectivity index (χ2n) is 6.22. The van der Waals surface area contributed by atoms with Gasteiger partial charge in [-0.3, -0.25) is 0 Å². The van der Waals surface area contributed by atoms with Gasteiger partial charge in [0.15, 0.2) is 0 Å². The van der Waals surface area contributed by atoms with Crippen molar-refractivity contribution in [1.29, 1.82) is 0 Å². The highest BCUT2D eigenvalue weighted by atomic mass is 16.5. The molecule has 3 nitrogen and oxygen atoms in total. The Kier molecular flexibility index (Phi) is 3.65. The predicted octanol–water partition coefficient (Wildman–Crippen LogP) is 4.70. The summed E-state index contributed by atoms with van der Waals surface area (Å²) in [7, 11) is 0. The molecule has 0 saturated heterocycles. The van der Waals surface area contributed by atoms with Gasteiger partial charge in [-0.25, -0.2) is 4.79 Å². The van der Waals surface area contributed by atoms with E-state index in [2.05, 4.69) is 32.9 Å². The quantitative estimate of drug-likeness (QED) is 0.608. The van der Waals surface area contributed by atoms with Crippen LogP contribution in [0.3, 0.4) is 0 Å². The fraction of sp³-hybridized carbons (Fsp3) is 0.316. The molecule has 1 atom stereocenters. The third-order valence-corrected chi connectivity index (χ3v) is 3.93. The minimum Gasteiger partial charge on any atom is -0.483 e. The van der Waals surface area contributed by atoms with Gasteiger partial charge in [0.25, 0.3) is 0 Å². The summed E-state index contributed by atoms with van der Waals surface area (Å²) in [4.78, 5) is 11.5. The molecule has 0 N–H and O–H groups in total. The fourth-order valence-corrected chi connectivity index (χ4v) is 2.71. The lowest BCUT2D eigenvalue weighted by atomic mass is 9.94. The molecule has 22 heavy (non-hydrogen) atoms. The van der Waals surface area contributed by atoms with Crippen LogP contribution in [-0.2, 0) is 0 Å². The topological polar surface area (TPSA) is 39.4 Å². The van der Waals surface area contributed by atoms with Crippen molar-refractivity contribution in [2.45, 2.75) is 39.2 Å².